The second kappa shape index (κ2) is 11.3. The number of carboxylic acid groups (broad SMARTS) is 1. The molecule has 1 aromatic heterocycles. The van der Waals surface area contributed by atoms with Gasteiger partial charge in [-0.15, -0.1) is 0 Å². The Kier molecular flexibility index (Phi) is 7.91. The lowest BCUT2D eigenvalue weighted by Gasteiger charge is -2.26. The largest absolute Gasteiger partial charge is 0.480 e. The van der Waals surface area contributed by atoms with Crippen molar-refractivity contribution in [1.82, 2.24) is 20.2 Å². The lowest BCUT2D eigenvalue weighted by molar-refractivity contribution is -0.149. The Morgan fingerprint density at radius 1 is 1.13 bits per heavy atom. The molecule has 1 atom stereocenters. The van der Waals surface area contributed by atoms with Crippen molar-refractivity contribution < 1.29 is 33.0 Å². The summed E-state index contributed by atoms with van der Waals surface area (Å²) < 4.78 is 33.8. The first kappa shape index (κ1) is 26.6. The summed E-state index contributed by atoms with van der Waals surface area (Å²) in [5.74, 6) is -3.71. The Morgan fingerprint density at radius 2 is 1.82 bits per heavy atom. The standard InChI is InChI=1S/C26H25F2N5O5/c1-14(26(36)37)33(10-11-38-2)20(34)12-15-6-8-16(9-7-15)30-24-22-19(13-29-25(22)35)31-23(32-24)21-17(27)4-3-5-18(21)28/h3-9,14H,10-13H2,1-2H3,(H,29,35)(H,36,37)(H,30,31,32)/t14-/m0/s1. The molecule has 0 saturated heterocycles. The number of halogens is 2. The number of hydrogen-bond donors (Lipinski definition) is 3. The van der Waals surface area contributed by atoms with Crippen LogP contribution in [-0.4, -0.2) is 64.1 Å². The van der Waals surface area contributed by atoms with Gasteiger partial charge >= 0.3 is 5.97 Å². The van der Waals surface area contributed by atoms with Crippen molar-refractivity contribution in [3.8, 4) is 11.4 Å². The van der Waals surface area contributed by atoms with Gasteiger partial charge in [0.05, 0.1) is 30.8 Å². The number of hydrogen-bond acceptors (Lipinski definition) is 7. The van der Waals surface area contributed by atoms with Gasteiger partial charge in [-0.05, 0) is 36.8 Å². The average molecular weight is 526 g/mol. The van der Waals surface area contributed by atoms with Crippen LogP contribution in [0.15, 0.2) is 42.5 Å². The topological polar surface area (TPSA) is 134 Å². The van der Waals surface area contributed by atoms with E-state index in [4.69, 9.17) is 4.74 Å². The zero-order valence-electron chi connectivity index (χ0n) is 20.6. The number of carboxylic acids is 1. The first-order valence-corrected chi connectivity index (χ1v) is 11.7. The number of anilines is 2. The van der Waals surface area contributed by atoms with Crippen LogP contribution in [0.3, 0.4) is 0 Å². The Hall–Kier alpha value is -4.45. The molecular weight excluding hydrogens is 500 g/mol. The molecule has 0 saturated carbocycles. The van der Waals surface area contributed by atoms with Gasteiger partial charge in [0.1, 0.15) is 29.1 Å². The molecule has 2 amide bonds. The van der Waals surface area contributed by atoms with Gasteiger partial charge in [0.2, 0.25) is 5.91 Å². The highest BCUT2D eigenvalue weighted by Gasteiger charge is 2.29. The molecule has 0 radical (unpaired) electrons. The van der Waals surface area contributed by atoms with Crippen molar-refractivity contribution in [2.24, 2.45) is 0 Å². The van der Waals surface area contributed by atoms with E-state index in [9.17, 15) is 28.3 Å². The zero-order chi connectivity index (χ0) is 27.4. The molecular formula is C26H25F2N5O5. The van der Waals surface area contributed by atoms with Crippen molar-refractivity contribution in [3.63, 3.8) is 0 Å². The Bertz CT molecular complexity index is 1360. The molecule has 3 aromatic rings. The second-order valence-corrected chi connectivity index (χ2v) is 8.59. The second-order valence-electron chi connectivity index (χ2n) is 8.59. The zero-order valence-corrected chi connectivity index (χ0v) is 20.6. The van der Waals surface area contributed by atoms with Gasteiger partial charge in [-0.25, -0.2) is 23.5 Å². The van der Waals surface area contributed by atoms with Crippen LogP contribution in [0.1, 0.15) is 28.5 Å². The van der Waals surface area contributed by atoms with E-state index in [1.54, 1.807) is 24.3 Å². The first-order chi connectivity index (χ1) is 18.2. The molecule has 12 heteroatoms. The minimum Gasteiger partial charge on any atom is -0.480 e. The van der Waals surface area contributed by atoms with E-state index in [1.807, 2.05) is 0 Å². The molecule has 0 spiro atoms. The SMILES string of the molecule is COCCN(C(=O)Cc1ccc(Nc2nc(-c3c(F)cccc3F)nc3c2C(=O)NC3)cc1)[C@@H](C)C(=O)O. The third-order valence-electron chi connectivity index (χ3n) is 6.07. The fourth-order valence-electron chi connectivity index (χ4n) is 4.02. The number of fused-ring (bicyclic) bond motifs is 1. The van der Waals surface area contributed by atoms with E-state index in [2.05, 4.69) is 20.6 Å². The highest BCUT2D eigenvalue weighted by Crippen LogP contribution is 2.30. The van der Waals surface area contributed by atoms with Crippen LogP contribution in [0.4, 0.5) is 20.3 Å². The molecule has 3 N–H and O–H groups in total. The van der Waals surface area contributed by atoms with Crippen LogP contribution >= 0.6 is 0 Å². The third-order valence-corrected chi connectivity index (χ3v) is 6.07. The molecule has 38 heavy (non-hydrogen) atoms. The van der Waals surface area contributed by atoms with E-state index >= 15 is 0 Å². The van der Waals surface area contributed by atoms with Crippen molar-refractivity contribution in [2.45, 2.75) is 25.9 Å². The van der Waals surface area contributed by atoms with Crippen molar-refractivity contribution >= 4 is 29.3 Å². The van der Waals surface area contributed by atoms with Crippen molar-refractivity contribution in [2.75, 3.05) is 25.6 Å². The summed E-state index contributed by atoms with van der Waals surface area (Å²) in [5, 5.41) is 15.0. The molecule has 10 nitrogen and oxygen atoms in total. The van der Waals surface area contributed by atoms with Crippen molar-refractivity contribution in [3.05, 3.63) is 70.9 Å². The van der Waals surface area contributed by atoms with Crippen LogP contribution in [0.5, 0.6) is 0 Å². The van der Waals surface area contributed by atoms with Gasteiger partial charge in [-0.3, -0.25) is 9.59 Å². The molecule has 1 aliphatic rings. The summed E-state index contributed by atoms with van der Waals surface area (Å²) in [7, 11) is 1.46. The molecule has 198 valence electrons. The van der Waals surface area contributed by atoms with E-state index in [0.29, 0.717) is 16.9 Å². The Labute approximate surface area is 216 Å². The number of benzene rings is 2. The number of aromatic nitrogens is 2. The molecule has 0 bridgehead atoms. The maximum atomic E-state index is 14.4. The fraction of sp³-hybridized carbons (Fsp3) is 0.269. The van der Waals surface area contributed by atoms with Gasteiger partial charge in [-0.2, -0.15) is 0 Å². The number of nitrogens with one attached hydrogen (secondary N) is 2. The summed E-state index contributed by atoms with van der Waals surface area (Å²) in [6.07, 6.45) is -0.0381. The number of rotatable bonds is 10. The van der Waals surface area contributed by atoms with Gasteiger partial charge in [0.15, 0.2) is 5.82 Å². The monoisotopic (exact) mass is 525 g/mol. The summed E-state index contributed by atoms with van der Waals surface area (Å²) in [4.78, 5) is 46.3. The number of nitrogens with zero attached hydrogens (tertiary/aromatic N) is 3. The van der Waals surface area contributed by atoms with Gasteiger partial charge in [0.25, 0.3) is 5.91 Å². The molecule has 1 aliphatic heterocycles. The molecule has 2 heterocycles. The normalized spacial score (nSPS) is 13.0. The summed E-state index contributed by atoms with van der Waals surface area (Å²) in [6, 6.07) is 9.03. The van der Waals surface area contributed by atoms with Gasteiger partial charge in [0, 0.05) is 19.3 Å². The lowest BCUT2D eigenvalue weighted by atomic mass is 10.1. The molecule has 0 aliphatic carbocycles. The highest BCUT2D eigenvalue weighted by atomic mass is 19.1. The smallest absolute Gasteiger partial charge is 0.326 e. The highest BCUT2D eigenvalue weighted by molar-refractivity contribution is 6.03. The third kappa shape index (κ3) is 5.59. The maximum absolute atomic E-state index is 14.4. The van der Waals surface area contributed by atoms with E-state index in [1.165, 1.54) is 25.0 Å². The number of carbonyl (C=O) groups is 3. The number of amides is 2. The van der Waals surface area contributed by atoms with Crippen LogP contribution in [0.2, 0.25) is 0 Å². The number of methoxy groups -OCH3 is 1. The number of ether oxygens (including phenoxy) is 1. The molecule has 4 rings (SSSR count). The van der Waals surface area contributed by atoms with E-state index in [-0.39, 0.29) is 49.2 Å². The van der Waals surface area contributed by atoms with Gasteiger partial charge < -0.3 is 25.4 Å². The van der Waals surface area contributed by atoms with Crippen LogP contribution in [-0.2, 0) is 27.3 Å². The van der Waals surface area contributed by atoms with E-state index < -0.39 is 35.1 Å². The fourth-order valence-corrected chi connectivity index (χ4v) is 4.02. The van der Waals surface area contributed by atoms with Gasteiger partial charge in [-0.1, -0.05) is 18.2 Å². The Morgan fingerprint density at radius 3 is 2.45 bits per heavy atom. The molecule has 2 aromatic carbocycles. The minimum absolute atomic E-state index is 0.0381. The summed E-state index contributed by atoms with van der Waals surface area (Å²) in [5.41, 5.74) is 1.19. The Balaban J connectivity index is 1.57. The maximum Gasteiger partial charge on any atom is 0.326 e. The predicted molar refractivity (Wildman–Crippen MR) is 133 cm³/mol. The summed E-state index contributed by atoms with van der Waals surface area (Å²) in [6.45, 7) is 1.85. The predicted octanol–water partition coefficient (Wildman–Crippen LogP) is 2.90. The van der Waals surface area contributed by atoms with Crippen LogP contribution in [0.25, 0.3) is 11.4 Å². The first-order valence-electron chi connectivity index (χ1n) is 11.7. The van der Waals surface area contributed by atoms with Crippen LogP contribution in [0, 0.1) is 11.6 Å². The summed E-state index contributed by atoms with van der Waals surface area (Å²) >= 11 is 0. The quantitative estimate of drug-likeness (QED) is 0.368. The average Bonchev–Trinajstić information content (AvgIpc) is 3.26. The van der Waals surface area contributed by atoms with Crippen molar-refractivity contribution in [1.29, 1.82) is 0 Å². The molecule has 0 unspecified atom stereocenters. The van der Waals surface area contributed by atoms with Crippen LogP contribution < -0.4 is 10.6 Å². The molecule has 0 fully saturated rings. The minimum atomic E-state index is -1.12. The van der Waals surface area contributed by atoms with E-state index in [0.717, 1.165) is 12.1 Å². The number of carbonyl (C=O) groups excluding carboxylic acids is 2. The lowest BCUT2D eigenvalue weighted by Crippen LogP contribution is -2.45. The number of aliphatic carboxylic acids is 1.